The van der Waals surface area contributed by atoms with Crippen molar-refractivity contribution >= 4 is 8.03 Å². The molecule has 0 aliphatic rings. The highest BCUT2D eigenvalue weighted by Gasteiger charge is 2.54. The Labute approximate surface area is 127 Å². The molecule has 1 atom stereocenters. The molecule has 0 radical (unpaired) electrons. The van der Waals surface area contributed by atoms with Crippen molar-refractivity contribution in [3.63, 3.8) is 0 Å². The summed E-state index contributed by atoms with van der Waals surface area (Å²) < 4.78 is 28.9. The summed E-state index contributed by atoms with van der Waals surface area (Å²) in [5.74, 6) is 0.222. The van der Waals surface area contributed by atoms with E-state index in [0.29, 0.717) is 32.7 Å². The minimum atomic E-state index is -2.09. The summed E-state index contributed by atoms with van der Waals surface area (Å²) in [6, 6.07) is 6.90. The topological polar surface area (TPSA) is 65.0 Å². The fraction of sp³-hybridized carbons (Fsp3) is 0.600. The standard InChI is InChI=1S/C15H23O5P/c1-4-18-15(19-5-2,21(17)20-6-3)12-11-13-7-9-14(16)10-8-13/h7-10H,4-6,11-12H2,1-3H3/p+1. The van der Waals surface area contributed by atoms with Crippen molar-refractivity contribution < 1.29 is 23.7 Å². The van der Waals surface area contributed by atoms with Crippen molar-refractivity contribution in [1.29, 1.82) is 0 Å². The quantitative estimate of drug-likeness (QED) is 0.525. The van der Waals surface area contributed by atoms with Gasteiger partial charge in [-0.2, -0.15) is 0 Å². The molecule has 0 aliphatic carbocycles. The van der Waals surface area contributed by atoms with E-state index in [1.54, 1.807) is 19.1 Å². The molecule has 0 spiro atoms. The Hall–Kier alpha value is -1.00. The molecule has 0 aromatic heterocycles. The van der Waals surface area contributed by atoms with Crippen molar-refractivity contribution in [1.82, 2.24) is 0 Å². The van der Waals surface area contributed by atoms with Crippen molar-refractivity contribution in [2.24, 2.45) is 0 Å². The van der Waals surface area contributed by atoms with E-state index in [4.69, 9.17) is 14.0 Å². The van der Waals surface area contributed by atoms with Crippen LogP contribution in [-0.2, 0) is 25.0 Å². The molecule has 0 saturated heterocycles. The van der Waals surface area contributed by atoms with Crippen LogP contribution in [0.2, 0.25) is 0 Å². The number of ether oxygens (including phenoxy) is 2. The fourth-order valence-electron chi connectivity index (χ4n) is 2.01. The number of hydrogen-bond acceptors (Lipinski definition) is 5. The van der Waals surface area contributed by atoms with E-state index in [-0.39, 0.29) is 5.75 Å². The van der Waals surface area contributed by atoms with Gasteiger partial charge in [0, 0.05) is 0 Å². The summed E-state index contributed by atoms with van der Waals surface area (Å²) >= 11 is 0. The molecule has 118 valence electrons. The zero-order chi connectivity index (χ0) is 15.7. The van der Waals surface area contributed by atoms with Crippen LogP contribution in [0.1, 0.15) is 32.8 Å². The molecule has 5 nitrogen and oxygen atoms in total. The van der Waals surface area contributed by atoms with Gasteiger partial charge in [-0.15, -0.1) is 4.52 Å². The highest BCUT2D eigenvalue weighted by molar-refractivity contribution is 7.40. The van der Waals surface area contributed by atoms with Gasteiger partial charge in [-0.25, -0.2) is 0 Å². The zero-order valence-electron chi connectivity index (χ0n) is 12.9. The molecule has 0 saturated carbocycles. The Bertz CT molecular complexity index is 426. The van der Waals surface area contributed by atoms with E-state index in [1.807, 2.05) is 26.0 Å². The molecule has 1 rings (SSSR count). The Morgan fingerprint density at radius 2 is 1.62 bits per heavy atom. The first-order valence-corrected chi connectivity index (χ1v) is 8.41. The molecule has 1 aromatic rings. The van der Waals surface area contributed by atoms with E-state index in [2.05, 4.69) is 0 Å². The normalized spacial score (nSPS) is 12.4. The van der Waals surface area contributed by atoms with Crippen LogP contribution in [0, 0.1) is 0 Å². The summed E-state index contributed by atoms with van der Waals surface area (Å²) in [7, 11) is -2.09. The molecule has 0 aliphatic heterocycles. The van der Waals surface area contributed by atoms with Crippen LogP contribution < -0.4 is 0 Å². The van der Waals surface area contributed by atoms with E-state index in [1.165, 1.54) is 0 Å². The number of phenolic OH excluding ortho intramolecular Hbond substituents is 1. The summed E-state index contributed by atoms with van der Waals surface area (Å²) in [6.07, 6.45) is 1.04. The van der Waals surface area contributed by atoms with Gasteiger partial charge in [0.25, 0.3) is 0 Å². The molecule has 1 unspecified atom stereocenters. The SMILES string of the molecule is CCO[P+](=O)C(CCc1ccc(O)cc1)(OCC)OCC. The molecule has 21 heavy (non-hydrogen) atoms. The predicted octanol–water partition coefficient (Wildman–Crippen LogP) is 3.83. The summed E-state index contributed by atoms with van der Waals surface area (Å²) in [5, 5.41) is 9.30. The number of aromatic hydroxyl groups is 1. The largest absolute Gasteiger partial charge is 0.575 e. The van der Waals surface area contributed by atoms with E-state index in [9.17, 15) is 9.67 Å². The minimum Gasteiger partial charge on any atom is -0.508 e. The average Bonchev–Trinajstić information content (AvgIpc) is 2.47. The maximum absolute atomic E-state index is 12.4. The van der Waals surface area contributed by atoms with Crippen molar-refractivity contribution in [3.8, 4) is 5.75 Å². The Morgan fingerprint density at radius 1 is 1.05 bits per heavy atom. The highest BCUT2D eigenvalue weighted by Crippen LogP contribution is 2.45. The lowest BCUT2D eigenvalue weighted by molar-refractivity contribution is -0.180. The molecule has 0 heterocycles. The Kier molecular flexibility index (Phi) is 7.83. The molecule has 0 bridgehead atoms. The predicted molar refractivity (Wildman–Crippen MR) is 81.6 cm³/mol. The van der Waals surface area contributed by atoms with Gasteiger partial charge in [0.05, 0.1) is 26.2 Å². The molecule has 0 fully saturated rings. The average molecular weight is 315 g/mol. The first-order chi connectivity index (χ1) is 10.1. The molecular formula is C15H24O5P+. The summed E-state index contributed by atoms with van der Waals surface area (Å²) in [5.41, 5.74) is -0.205. The number of aryl methyl sites for hydroxylation is 1. The summed E-state index contributed by atoms with van der Waals surface area (Å²) in [4.78, 5) is 0. The highest BCUT2D eigenvalue weighted by atomic mass is 31.1. The van der Waals surface area contributed by atoms with Gasteiger partial charge in [-0.05, 0) is 49.5 Å². The van der Waals surface area contributed by atoms with Crippen LogP contribution in [0.4, 0.5) is 0 Å². The minimum absolute atomic E-state index is 0.222. The Morgan fingerprint density at radius 3 is 2.10 bits per heavy atom. The van der Waals surface area contributed by atoms with Gasteiger partial charge in [-0.1, -0.05) is 12.1 Å². The van der Waals surface area contributed by atoms with Gasteiger partial charge >= 0.3 is 13.6 Å². The second-order valence-electron chi connectivity index (χ2n) is 4.42. The molecule has 0 amide bonds. The van der Waals surface area contributed by atoms with Crippen LogP contribution in [0.5, 0.6) is 5.75 Å². The first-order valence-electron chi connectivity index (χ1n) is 7.24. The lowest BCUT2D eigenvalue weighted by Crippen LogP contribution is -2.33. The van der Waals surface area contributed by atoms with E-state index in [0.717, 1.165) is 5.56 Å². The van der Waals surface area contributed by atoms with Gasteiger partial charge in [-0.3, -0.25) is 0 Å². The van der Waals surface area contributed by atoms with Crippen LogP contribution in [0.15, 0.2) is 24.3 Å². The number of benzene rings is 1. The molecule has 1 N–H and O–H groups in total. The number of hydrogen-bond donors (Lipinski definition) is 1. The number of phenols is 1. The lowest BCUT2D eigenvalue weighted by atomic mass is 10.1. The fourth-order valence-corrected chi connectivity index (χ4v) is 3.21. The second kappa shape index (κ2) is 9.11. The maximum atomic E-state index is 12.4. The van der Waals surface area contributed by atoms with Crippen LogP contribution >= 0.6 is 8.03 Å². The third kappa shape index (κ3) is 5.36. The van der Waals surface area contributed by atoms with Gasteiger partial charge in [0.1, 0.15) is 5.75 Å². The van der Waals surface area contributed by atoms with E-state index >= 15 is 0 Å². The van der Waals surface area contributed by atoms with Crippen LogP contribution in [-0.4, -0.2) is 30.5 Å². The van der Waals surface area contributed by atoms with Crippen LogP contribution in [0.3, 0.4) is 0 Å². The smallest absolute Gasteiger partial charge is 0.508 e. The van der Waals surface area contributed by atoms with E-state index < -0.39 is 13.6 Å². The van der Waals surface area contributed by atoms with Crippen LogP contribution in [0.25, 0.3) is 0 Å². The monoisotopic (exact) mass is 315 g/mol. The maximum Gasteiger partial charge on any atom is 0.575 e. The van der Waals surface area contributed by atoms with Crippen molar-refractivity contribution in [2.75, 3.05) is 19.8 Å². The number of rotatable bonds is 10. The Balaban J connectivity index is 2.83. The second-order valence-corrected chi connectivity index (χ2v) is 5.87. The first kappa shape index (κ1) is 18.1. The molecule has 6 heteroatoms. The lowest BCUT2D eigenvalue weighted by Gasteiger charge is -2.22. The third-order valence-corrected chi connectivity index (χ3v) is 4.46. The van der Waals surface area contributed by atoms with Crippen molar-refractivity contribution in [3.05, 3.63) is 29.8 Å². The third-order valence-electron chi connectivity index (χ3n) is 2.93. The summed E-state index contributed by atoms with van der Waals surface area (Å²) in [6.45, 7) is 6.59. The van der Waals surface area contributed by atoms with Crippen molar-refractivity contribution in [2.45, 2.75) is 39.1 Å². The van der Waals surface area contributed by atoms with Gasteiger partial charge < -0.3 is 14.6 Å². The van der Waals surface area contributed by atoms with Gasteiger partial charge in [0.2, 0.25) is 0 Å². The molecular weight excluding hydrogens is 291 g/mol. The van der Waals surface area contributed by atoms with Gasteiger partial charge in [0.15, 0.2) is 0 Å². The molecule has 1 aromatic carbocycles. The zero-order valence-corrected chi connectivity index (χ0v) is 13.8.